The summed E-state index contributed by atoms with van der Waals surface area (Å²) in [5, 5.41) is 6.81. The molecule has 1 fully saturated rings. The van der Waals surface area contributed by atoms with Gasteiger partial charge in [0.25, 0.3) is 0 Å². The maximum atomic E-state index is 13.0. The molecule has 0 atom stereocenters. The minimum atomic E-state index is -0.182. The summed E-state index contributed by atoms with van der Waals surface area (Å²) in [5.41, 5.74) is 5.26. The summed E-state index contributed by atoms with van der Waals surface area (Å²) in [6.07, 6.45) is 3.79. The zero-order valence-corrected chi connectivity index (χ0v) is 18.6. The summed E-state index contributed by atoms with van der Waals surface area (Å²) < 4.78 is 12.9. The molecule has 2 N–H and O–H groups in total. The van der Waals surface area contributed by atoms with Gasteiger partial charge >= 0.3 is 6.03 Å². The van der Waals surface area contributed by atoms with Gasteiger partial charge in [-0.3, -0.25) is 0 Å². The molecule has 166 valence electrons. The Kier molecular flexibility index (Phi) is 4.96. The number of nitrogens with one attached hydrogen (secondary N) is 2. The summed E-state index contributed by atoms with van der Waals surface area (Å²) in [6.45, 7) is 3.42. The van der Waals surface area contributed by atoms with E-state index in [-0.39, 0.29) is 11.6 Å². The summed E-state index contributed by atoms with van der Waals surface area (Å²) in [4.78, 5) is 14.9. The van der Waals surface area contributed by atoms with E-state index in [1.54, 1.807) is 26.4 Å². The van der Waals surface area contributed by atoms with Gasteiger partial charge in [-0.15, -0.1) is 0 Å². The van der Waals surface area contributed by atoms with E-state index in [2.05, 4.69) is 58.7 Å². The number of rotatable bonds is 3. The van der Waals surface area contributed by atoms with E-state index >= 15 is 0 Å². The van der Waals surface area contributed by atoms with Crippen molar-refractivity contribution in [2.24, 2.45) is 0 Å². The third kappa shape index (κ3) is 3.34. The molecule has 5 rings (SSSR count). The van der Waals surface area contributed by atoms with Crippen LogP contribution >= 0.6 is 0 Å². The molecule has 2 aromatic carbocycles. The van der Waals surface area contributed by atoms with Gasteiger partial charge in [-0.2, -0.15) is 0 Å². The second kappa shape index (κ2) is 7.82. The Balaban J connectivity index is 1.33. The molecule has 32 heavy (non-hydrogen) atoms. The third-order valence-electron chi connectivity index (χ3n) is 6.58. The lowest BCUT2D eigenvalue weighted by atomic mass is 9.82. The quantitative estimate of drug-likeness (QED) is 0.627. The van der Waals surface area contributed by atoms with Crippen molar-refractivity contribution >= 4 is 17.4 Å². The number of piperidine rings is 1. The van der Waals surface area contributed by atoms with Crippen molar-refractivity contribution in [3.63, 3.8) is 0 Å². The number of benzene rings is 2. The second-order valence-electron chi connectivity index (χ2n) is 8.47. The van der Waals surface area contributed by atoms with E-state index in [1.165, 1.54) is 16.9 Å². The summed E-state index contributed by atoms with van der Waals surface area (Å²) in [7, 11) is 3.19. The van der Waals surface area contributed by atoms with Gasteiger partial charge in [-0.05, 0) is 61.7 Å². The number of amides is 2. The molecular weight excluding hydrogens is 404 g/mol. The Morgan fingerprint density at radius 2 is 1.88 bits per heavy atom. The molecule has 7 nitrogen and oxygen atoms in total. The van der Waals surface area contributed by atoms with Crippen molar-refractivity contribution in [1.29, 1.82) is 0 Å². The fourth-order valence-corrected chi connectivity index (χ4v) is 4.83. The number of urea groups is 1. The van der Waals surface area contributed by atoms with Gasteiger partial charge in [-0.25, -0.2) is 4.79 Å². The van der Waals surface area contributed by atoms with Crippen molar-refractivity contribution in [2.75, 3.05) is 37.9 Å². The lowest BCUT2D eigenvalue weighted by Gasteiger charge is -2.46. The lowest BCUT2D eigenvalue weighted by Crippen LogP contribution is -2.51. The van der Waals surface area contributed by atoms with Gasteiger partial charge in [0.2, 0.25) is 0 Å². The van der Waals surface area contributed by atoms with Crippen LogP contribution in [0.1, 0.15) is 24.1 Å². The Labute approximate surface area is 187 Å². The molecule has 2 aliphatic heterocycles. The van der Waals surface area contributed by atoms with Crippen LogP contribution in [-0.4, -0.2) is 42.8 Å². The molecule has 2 amide bonds. The van der Waals surface area contributed by atoms with Gasteiger partial charge < -0.3 is 29.6 Å². The Morgan fingerprint density at radius 3 is 2.62 bits per heavy atom. The molecule has 2 aliphatic rings. The van der Waals surface area contributed by atoms with Crippen LogP contribution < -0.4 is 20.1 Å². The van der Waals surface area contributed by atoms with Gasteiger partial charge in [0.05, 0.1) is 36.8 Å². The predicted molar refractivity (Wildman–Crippen MR) is 125 cm³/mol. The highest BCUT2D eigenvalue weighted by atomic mass is 16.5. The zero-order valence-electron chi connectivity index (χ0n) is 18.6. The molecule has 0 unspecified atom stereocenters. The number of fused-ring (bicyclic) bond motifs is 4. The summed E-state index contributed by atoms with van der Waals surface area (Å²) in [5.74, 6) is 1.26. The first-order chi connectivity index (χ1) is 15.5. The molecule has 7 heteroatoms. The van der Waals surface area contributed by atoms with Crippen LogP contribution in [0.2, 0.25) is 0 Å². The number of hydrogen-bond acceptors (Lipinski definition) is 4. The topological polar surface area (TPSA) is 67.8 Å². The first kappa shape index (κ1) is 20.3. The Morgan fingerprint density at radius 1 is 1.06 bits per heavy atom. The van der Waals surface area contributed by atoms with E-state index in [9.17, 15) is 4.79 Å². The largest absolute Gasteiger partial charge is 0.497 e. The number of aryl methyl sites for hydroxylation is 1. The number of carbonyl (C=O) groups excluding carboxylic acids is 1. The van der Waals surface area contributed by atoms with E-state index in [1.807, 2.05) is 11.0 Å². The first-order valence-corrected chi connectivity index (χ1v) is 10.9. The Bertz CT molecular complexity index is 1160. The molecule has 0 radical (unpaired) electrons. The van der Waals surface area contributed by atoms with Gasteiger partial charge in [0, 0.05) is 31.0 Å². The standard InChI is InChI=1S/C25H28N4O3/c1-17-6-9-21-20(15-17)27-25(23-5-4-12-29(21)23)10-13-28(14-11-25)24(30)26-19-8-7-18(31-2)16-22(19)32-3/h4-9,12,15-16,27H,10-11,13-14H2,1-3H3,(H,26,30). The van der Waals surface area contributed by atoms with Crippen molar-refractivity contribution in [3.8, 4) is 17.2 Å². The van der Waals surface area contributed by atoms with Crippen molar-refractivity contribution in [1.82, 2.24) is 9.47 Å². The number of carbonyl (C=O) groups is 1. The van der Waals surface area contributed by atoms with Crippen molar-refractivity contribution in [2.45, 2.75) is 25.3 Å². The summed E-state index contributed by atoms with van der Waals surface area (Å²) >= 11 is 0. The minimum Gasteiger partial charge on any atom is -0.497 e. The summed E-state index contributed by atoms with van der Waals surface area (Å²) in [6, 6.07) is 16.1. The number of ether oxygens (including phenoxy) is 2. The first-order valence-electron chi connectivity index (χ1n) is 10.9. The lowest BCUT2D eigenvalue weighted by molar-refractivity contribution is 0.174. The van der Waals surface area contributed by atoms with Crippen molar-refractivity contribution in [3.05, 3.63) is 66.0 Å². The van der Waals surface area contributed by atoms with Crippen molar-refractivity contribution < 1.29 is 14.3 Å². The highest BCUT2D eigenvalue weighted by molar-refractivity contribution is 5.91. The minimum absolute atomic E-state index is 0.120. The smallest absolute Gasteiger partial charge is 0.321 e. The average molecular weight is 433 g/mol. The predicted octanol–water partition coefficient (Wildman–Crippen LogP) is 4.75. The highest BCUT2D eigenvalue weighted by Gasteiger charge is 2.42. The van der Waals surface area contributed by atoms with E-state index in [0.29, 0.717) is 30.3 Å². The molecule has 1 aromatic heterocycles. The van der Waals surface area contributed by atoms with Gasteiger partial charge in [0.1, 0.15) is 11.5 Å². The van der Waals surface area contributed by atoms with E-state index in [4.69, 9.17) is 9.47 Å². The molecule has 3 heterocycles. The molecule has 3 aromatic rings. The highest BCUT2D eigenvalue weighted by Crippen LogP contribution is 2.43. The molecular formula is C25H28N4O3. The molecule has 0 aliphatic carbocycles. The van der Waals surface area contributed by atoms with Gasteiger partial charge in [0.15, 0.2) is 0 Å². The molecule has 0 bridgehead atoms. The maximum absolute atomic E-state index is 13.0. The van der Waals surface area contributed by atoms with Crippen LogP contribution in [-0.2, 0) is 5.54 Å². The molecule has 1 spiro atoms. The fraction of sp³-hybridized carbons (Fsp3) is 0.320. The van der Waals surface area contributed by atoms with Crippen LogP contribution in [0.5, 0.6) is 11.5 Å². The maximum Gasteiger partial charge on any atom is 0.321 e. The van der Waals surface area contributed by atoms with E-state index in [0.717, 1.165) is 18.5 Å². The molecule has 0 saturated carbocycles. The van der Waals surface area contributed by atoms with E-state index < -0.39 is 0 Å². The number of likely N-dealkylation sites (tertiary alicyclic amines) is 1. The van der Waals surface area contributed by atoms with Crippen LogP contribution in [0.15, 0.2) is 54.7 Å². The Hall–Kier alpha value is -3.61. The number of hydrogen-bond donors (Lipinski definition) is 2. The number of anilines is 2. The average Bonchev–Trinajstić information content (AvgIpc) is 3.31. The van der Waals surface area contributed by atoms with Gasteiger partial charge in [-0.1, -0.05) is 6.07 Å². The number of methoxy groups -OCH3 is 2. The number of nitrogens with zero attached hydrogens (tertiary/aromatic N) is 2. The SMILES string of the molecule is COc1ccc(NC(=O)N2CCC3(CC2)Nc2cc(C)ccc2-n2cccc23)c(OC)c1. The fourth-order valence-electron chi connectivity index (χ4n) is 4.83. The zero-order chi connectivity index (χ0) is 22.3. The van der Waals surface area contributed by atoms with Crippen LogP contribution in [0.4, 0.5) is 16.2 Å². The van der Waals surface area contributed by atoms with Crippen LogP contribution in [0, 0.1) is 6.92 Å². The monoisotopic (exact) mass is 432 g/mol. The molecule has 1 saturated heterocycles. The van der Waals surface area contributed by atoms with Crippen LogP contribution in [0.3, 0.4) is 0 Å². The normalized spacial score (nSPS) is 16.0. The number of aromatic nitrogens is 1. The third-order valence-corrected chi connectivity index (χ3v) is 6.58. The second-order valence-corrected chi connectivity index (χ2v) is 8.47. The van der Waals surface area contributed by atoms with Crippen LogP contribution in [0.25, 0.3) is 5.69 Å².